The number of aromatic nitrogens is 2. The highest BCUT2D eigenvalue weighted by molar-refractivity contribution is 7.91. The van der Waals surface area contributed by atoms with Gasteiger partial charge in [-0.25, -0.2) is 18.2 Å². The number of thiazole rings is 1. The number of rotatable bonds is 4. The van der Waals surface area contributed by atoms with Crippen LogP contribution >= 0.6 is 11.3 Å². The monoisotopic (exact) mass is 378 g/mol. The van der Waals surface area contributed by atoms with Crippen molar-refractivity contribution in [3.05, 3.63) is 29.9 Å². The van der Waals surface area contributed by atoms with E-state index in [2.05, 4.69) is 15.3 Å². The molecule has 3 heterocycles. The maximum absolute atomic E-state index is 12.7. The van der Waals surface area contributed by atoms with E-state index in [4.69, 9.17) is 0 Å². The van der Waals surface area contributed by atoms with Gasteiger partial charge in [0.2, 0.25) is 0 Å². The number of carbonyl (C=O) groups excluding carboxylic acids is 1. The molecule has 1 saturated carbocycles. The largest absolute Gasteiger partial charge is 0.324 e. The second-order valence-electron chi connectivity index (χ2n) is 6.41. The Morgan fingerprint density at radius 2 is 2.12 bits per heavy atom. The molecule has 1 saturated heterocycles. The Kier molecular flexibility index (Phi) is 4.20. The summed E-state index contributed by atoms with van der Waals surface area (Å²) in [6.07, 6.45) is 5.80. The number of urea groups is 1. The fraction of sp³-hybridized carbons (Fsp3) is 0.438. The van der Waals surface area contributed by atoms with Crippen LogP contribution in [0.2, 0.25) is 0 Å². The van der Waals surface area contributed by atoms with Gasteiger partial charge in [0.05, 0.1) is 17.2 Å². The lowest BCUT2D eigenvalue weighted by Gasteiger charge is -2.27. The van der Waals surface area contributed by atoms with Crippen molar-refractivity contribution in [3.63, 3.8) is 0 Å². The summed E-state index contributed by atoms with van der Waals surface area (Å²) in [6.45, 7) is 0. The van der Waals surface area contributed by atoms with E-state index in [0.717, 1.165) is 24.1 Å². The minimum absolute atomic E-state index is 0.0652. The van der Waals surface area contributed by atoms with Crippen LogP contribution in [-0.4, -0.2) is 52.9 Å². The third-order valence-corrected chi connectivity index (χ3v) is 6.96. The molecule has 4 rings (SSSR count). The van der Waals surface area contributed by atoms with E-state index in [1.54, 1.807) is 17.3 Å². The third kappa shape index (κ3) is 3.67. The summed E-state index contributed by atoms with van der Waals surface area (Å²) in [7, 11) is -3.03. The smallest absolute Gasteiger partial charge is 0.317 e. The molecule has 2 aliphatic rings. The summed E-state index contributed by atoms with van der Waals surface area (Å²) < 4.78 is 23.5. The molecule has 1 aliphatic heterocycles. The molecule has 0 spiro atoms. The Morgan fingerprint density at radius 1 is 1.28 bits per heavy atom. The van der Waals surface area contributed by atoms with Crippen molar-refractivity contribution in [2.24, 2.45) is 0 Å². The lowest BCUT2D eigenvalue weighted by molar-refractivity contribution is 0.190. The molecule has 1 atom stereocenters. The van der Waals surface area contributed by atoms with E-state index in [-0.39, 0.29) is 29.6 Å². The topological polar surface area (TPSA) is 92.3 Å². The van der Waals surface area contributed by atoms with Crippen LogP contribution in [-0.2, 0) is 9.84 Å². The molecular weight excluding hydrogens is 360 g/mol. The highest BCUT2D eigenvalue weighted by Gasteiger charge is 2.42. The van der Waals surface area contributed by atoms with Gasteiger partial charge >= 0.3 is 6.03 Å². The second kappa shape index (κ2) is 6.38. The van der Waals surface area contributed by atoms with Gasteiger partial charge in [-0.05, 0) is 31.4 Å². The molecule has 1 aliphatic carbocycles. The normalized spacial score (nSPS) is 21.8. The highest BCUT2D eigenvalue weighted by atomic mass is 32.2. The van der Waals surface area contributed by atoms with Crippen LogP contribution in [0.5, 0.6) is 0 Å². The molecule has 132 valence electrons. The number of amides is 2. The van der Waals surface area contributed by atoms with Crippen LogP contribution in [0.1, 0.15) is 19.3 Å². The van der Waals surface area contributed by atoms with Crippen LogP contribution in [0.4, 0.5) is 9.93 Å². The molecule has 25 heavy (non-hydrogen) atoms. The van der Waals surface area contributed by atoms with Crippen molar-refractivity contribution in [1.82, 2.24) is 14.9 Å². The quantitative estimate of drug-likeness (QED) is 0.882. The molecule has 2 aromatic heterocycles. The van der Waals surface area contributed by atoms with Crippen molar-refractivity contribution in [1.29, 1.82) is 0 Å². The number of pyridine rings is 1. The zero-order valence-electron chi connectivity index (χ0n) is 13.5. The van der Waals surface area contributed by atoms with E-state index in [9.17, 15) is 13.2 Å². The van der Waals surface area contributed by atoms with E-state index in [1.807, 2.05) is 17.5 Å². The van der Waals surface area contributed by atoms with Gasteiger partial charge in [0, 0.05) is 35.4 Å². The first-order valence-corrected chi connectivity index (χ1v) is 10.9. The highest BCUT2D eigenvalue weighted by Crippen LogP contribution is 2.33. The Balaban J connectivity index is 1.48. The van der Waals surface area contributed by atoms with Crippen LogP contribution in [0.15, 0.2) is 29.9 Å². The van der Waals surface area contributed by atoms with Gasteiger partial charge in [0.15, 0.2) is 15.0 Å². The molecule has 0 aromatic carbocycles. The zero-order chi connectivity index (χ0) is 17.4. The molecule has 0 bridgehead atoms. The molecule has 7 nitrogen and oxygen atoms in total. The first-order valence-electron chi connectivity index (χ1n) is 8.17. The maximum Gasteiger partial charge on any atom is 0.324 e. The van der Waals surface area contributed by atoms with E-state index < -0.39 is 9.84 Å². The molecule has 2 aromatic rings. The van der Waals surface area contributed by atoms with Crippen molar-refractivity contribution < 1.29 is 13.2 Å². The van der Waals surface area contributed by atoms with Gasteiger partial charge in [0.25, 0.3) is 0 Å². The molecule has 2 fully saturated rings. The van der Waals surface area contributed by atoms with Crippen LogP contribution in [0.3, 0.4) is 0 Å². The average molecular weight is 378 g/mol. The first-order chi connectivity index (χ1) is 12.0. The van der Waals surface area contributed by atoms with Crippen molar-refractivity contribution in [2.75, 3.05) is 16.8 Å². The van der Waals surface area contributed by atoms with Crippen molar-refractivity contribution in [2.45, 2.75) is 31.3 Å². The summed E-state index contributed by atoms with van der Waals surface area (Å²) in [5, 5.41) is 5.22. The minimum atomic E-state index is -3.03. The lowest BCUT2D eigenvalue weighted by Crippen LogP contribution is -2.45. The van der Waals surface area contributed by atoms with E-state index in [1.165, 1.54) is 11.3 Å². The van der Waals surface area contributed by atoms with Crippen molar-refractivity contribution >= 4 is 32.3 Å². The summed E-state index contributed by atoms with van der Waals surface area (Å²) in [4.78, 5) is 22.9. The predicted octanol–water partition coefficient (Wildman–Crippen LogP) is 2.39. The Labute approximate surface area is 150 Å². The first kappa shape index (κ1) is 16.5. The fourth-order valence-electron chi connectivity index (χ4n) is 3.11. The van der Waals surface area contributed by atoms with Crippen LogP contribution in [0.25, 0.3) is 11.3 Å². The minimum Gasteiger partial charge on any atom is -0.317 e. The number of anilines is 1. The number of hydrogen-bond donors (Lipinski definition) is 1. The van der Waals surface area contributed by atoms with E-state index >= 15 is 0 Å². The van der Waals surface area contributed by atoms with Gasteiger partial charge < -0.3 is 4.90 Å². The average Bonchev–Trinajstić information content (AvgIpc) is 3.19. The molecule has 9 heteroatoms. The Hall–Kier alpha value is -2.00. The number of sulfone groups is 1. The van der Waals surface area contributed by atoms with Gasteiger partial charge in [0.1, 0.15) is 0 Å². The number of carbonyl (C=O) groups is 1. The van der Waals surface area contributed by atoms with Gasteiger partial charge in [-0.1, -0.05) is 0 Å². The van der Waals surface area contributed by atoms with Gasteiger partial charge in [-0.2, -0.15) is 0 Å². The van der Waals surface area contributed by atoms with Crippen molar-refractivity contribution in [3.8, 4) is 11.3 Å². The summed E-state index contributed by atoms with van der Waals surface area (Å²) in [5.74, 6) is 0.228. The number of nitrogens with zero attached hydrogens (tertiary/aromatic N) is 3. The standard InChI is InChI=1S/C16H18N4O3S2/c21-16(20(12-3-4-12)13-5-7-25(22,23)10-13)19-15-18-14(9-24-15)11-2-1-6-17-8-11/h1-2,6,8-9,12-13H,3-5,7,10H2,(H,18,19,21)/t13-/m1/s1. The summed E-state index contributed by atoms with van der Waals surface area (Å²) in [5.41, 5.74) is 1.65. The second-order valence-corrected chi connectivity index (χ2v) is 9.49. The number of nitrogens with one attached hydrogen (secondary N) is 1. The Bertz CT molecular complexity index is 878. The summed E-state index contributed by atoms with van der Waals surface area (Å²) in [6, 6.07) is 3.42. The fourth-order valence-corrected chi connectivity index (χ4v) is 5.53. The molecule has 0 radical (unpaired) electrons. The van der Waals surface area contributed by atoms with Gasteiger partial charge in [-0.15, -0.1) is 11.3 Å². The van der Waals surface area contributed by atoms with Crippen LogP contribution < -0.4 is 5.32 Å². The van der Waals surface area contributed by atoms with E-state index in [0.29, 0.717) is 11.6 Å². The molecule has 1 N–H and O–H groups in total. The lowest BCUT2D eigenvalue weighted by atomic mass is 10.2. The molecule has 0 unspecified atom stereocenters. The number of hydrogen-bond acceptors (Lipinski definition) is 6. The predicted molar refractivity (Wildman–Crippen MR) is 96.3 cm³/mol. The molecule has 2 amide bonds. The zero-order valence-corrected chi connectivity index (χ0v) is 15.1. The SMILES string of the molecule is O=C(Nc1nc(-c2cccnc2)cs1)N(C1CC1)[C@@H]1CCS(=O)(=O)C1. The third-order valence-electron chi connectivity index (χ3n) is 4.45. The molecular formula is C16H18N4O3S2. The maximum atomic E-state index is 12.7. The van der Waals surface area contributed by atoms with Crippen LogP contribution in [0, 0.1) is 0 Å². The Morgan fingerprint density at radius 3 is 2.76 bits per heavy atom. The van der Waals surface area contributed by atoms with Gasteiger partial charge in [-0.3, -0.25) is 10.3 Å². The summed E-state index contributed by atoms with van der Waals surface area (Å²) >= 11 is 1.35.